The summed E-state index contributed by atoms with van der Waals surface area (Å²) in [6.07, 6.45) is 2.69. The van der Waals surface area contributed by atoms with Crippen molar-refractivity contribution in [3.63, 3.8) is 0 Å². The van der Waals surface area contributed by atoms with Crippen molar-refractivity contribution in [3.8, 4) is 0 Å². The molecule has 88 valence electrons. The summed E-state index contributed by atoms with van der Waals surface area (Å²) >= 11 is 1.09. The second-order valence-electron chi connectivity index (χ2n) is 3.39. The molecule has 17 heavy (non-hydrogen) atoms. The number of carbonyl (C=O) groups is 2. The zero-order valence-electron chi connectivity index (χ0n) is 8.89. The van der Waals surface area contributed by atoms with Gasteiger partial charge in [0.05, 0.1) is 17.5 Å². The van der Waals surface area contributed by atoms with Gasteiger partial charge in [0.25, 0.3) is 5.91 Å². The van der Waals surface area contributed by atoms with Gasteiger partial charge in [-0.2, -0.15) is 0 Å². The summed E-state index contributed by atoms with van der Waals surface area (Å²) in [6, 6.07) is 1.51. The molecule has 0 aliphatic rings. The van der Waals surface area contributed by atoms with Crippen LogP contribution in [0, 0.1) is 6.92 Å². The second-order valence-corrected chi connectivity index (χ2v) is 4.27. The molecule has 0 spiro atoms. The Labute approximate surface area is 101 Å². The largest absolute Gasteiger partial charge is 0.477 e. The third kappa shape index (κ3) is 2.21. The van der Waals surface area contributed by atoms with E-state index in [0.717, 1.165) is 16.9 Å². The van der Waals surface area contributed by atoms with E-state index in [2.05, 4.69) is 5.32 Å². The van der Waals surface area contributed by atoms with Gasteiger partial charge in [-0.25, -0.2) is 4.79 Å². The monoisotopic (exact) mass is 251 g/mol. The Hall–Kier alpha value is -2.08. The maximum absolute atomic E-state index is 11.7. The summed E-state index contributed by atoms with van der Waals surface area (Å²) in [5.41, 5.74) is 1.42. The average molecular weight is 251 g/mol. The molecule has 0 aliphatic heterocycles. The van der Waals surface area contributed by atoms with Crippen LogP contribution in [0.1, 0.15) is 25.6 Å². The van der Waals surface area contributed by atoms with Crippen LogP contribution in [-0.2, 0) is 0 Å². The molecule has 2 heterocycles. The average Bonchev–Trinajstić information content (AvgIpc) is 2.89. The molecule has 0 aliphatic carbocycles. The number of amides is 1. The van der Waals surface area contributed by atoms with Crippen molar-refractivity contribution >= 4 is 28.9 Å². The summed E-state index contributed by atoms with van der Waals surface area (Å²) < 4.78 is 4.79. The molecule has 0 bridgehead atoms. The van der Waals surface area contributed by atoms with E-state index in [1.807, 2.05) is 0 Å². The SMILES string of the molecule is Cc1csc(C(=O)O)c1NC(=O)c1ccoc1. The first-order valence-electron chi connectivity index (χ1n) is 4.74. The molecule has 0 aromatic carbocycles. The Kier molecular flexibility index (Phi) is 2.97. The molecule has 2 rings (SSSR count). The second kappa shape index (κ2) is 4.42. The maximum atomic E-state index is 11.7. The molecule has 2 aromatic heterocycles. The predicted octanol–water partition coefficient (Wildman–Crippen LogP) is 2.60. The summed E-state index contributed by atoms with van der Waals surface area (Å²) in [4.78, 5) is 22.8. The number of anilines is 1. The van der Waals surface area contributed by atoms with Crippen molar-refractivity contribution in [2.45, 2.75) is 6.92 Å². The number of thiophene rings is 1. The van der Waals surface area contributed by atoms with Crippen LogP contribution in [0.5, 0.6) is 0 Å². The highest BCUT2D eigenvalue weighted by Crippen LogP contribution is 2.28. The lowest BCUT2D eigenvalue weighted by Gasteiger charge is -2.04. The number of carboxylic acid groups (broad SMARTS) is 1. The first-order chi connectivity index (χ1) is 8.09. The third-order valence-corrected chi connectivity index (χ3v) is 3.28. The van der Waals surface area contributed by atoms with Crippen LogP contribution in [-0.4, -0.2) is 17.0 Å². The summed E-state index contributed by atoms with van der Waals surface area (Å²) in [5.74, 6) is -1.44. The quantitative estimate of drug-likeness (QED) is 0.878. The van der Waals surface area contributed by atoms with Crippen molar-refractivity contribution in [3.05, 3.63) is 40.0 Å². The van der Waals surface area contributed by atoms with E-state index in [-0.39, 0.29) is 10.8 Å². The van der Waals surface area contributed by atoms with Crippen LogP contribution < -0.4 is 5.32 Å². The fourth-order valence-corrected chi connectivity index (χ4v) is 2.18. The molecule has 0 unspecified atom stereocenters. The van der Waals surface area contributed by atoms with Crippen LogP contribution >= 0.6 is 11.3 Å². The Morgan fingerprint density at radius 1 is 1.47 bits per heavy atom. The van der Waals surface area contributed by atoms with Gasteiger partial charge in [0.15, 0.2) is 0 Å². The van der Waals surface area contributed by atoms with Gasteiger partial charge in [-0.3, -0.25) is 4.79 Å². The Morgan fingerprint density at radius 2 is 2.24 bits per heavy atom. The van der Waals surface area contributed by atoms with Gasteiger partial charge in [-0.15, -0.1) is 11.3 Å². The van der Waals surface area contributed by atoms with E-state index in [4.69, 9.17) is 9.52 Å². The third-order valence-electron chi connectivity index (χ3n) is 2.19. The van der Waals surface area contributed by atoms with Crippen LogP contribution in [0.2, 0.25) is 0 Å². The lowest BCUT2D eigenvalue weighted by atomic mass is 10.2. The molecule has 0 saturated carbocycles. The van der Waals surface area contributed by atoms with Crippen LogP contribution in [0.3, 0.4) is 0 Å². The summed E-state index contributed by atoms with van der Waals surface area (Å²) in [5, 5.41) is 13.2. The minimum atomic E-state index is -1.05. The van der Waals surface area contributed by atoms with E-state index in [0.29, 0.717) is 11.3 Å². The van der Waals surface area contributed by atoms with Gasteiger partial charge >= 0.3 is 5.97 Å². The van der Waals surface area contributed by atoms with Crippen LogP contribution in [0.4, 0.5) is 5.69 Å². The van der Waals surface area contributed by atoms with Crippen molar-refractivity contribution < 1.29 is 19.1 Å². The summed E-state index contributed by atoms with van der Waals surface area (Å²) in [7, 11) is 0. The molecule has 2 N–H and O–H groups in total. The number of hydrogen-bond acceptors (Lipinski definition) is 4. The van der Waals surface area contributed by atoms with Gasteiger partial charge in [-0.05, 0) is 23.9 Å². The number of carbonyl (C=O) groups excluding carboxylic acids is 1. The highest BCUT2D eigenvalue weighted by molar-refractivity contribution is 7.12. The minimum absolute atomic E-state index is 0.124. The van der Waals surface area contributed by atoms with Crippen molar-refractivity contribution in [1.82, 2.24) is 0 Å². The number of hydrogen-bond donors (Lipinski definition) is 2. The van der Waals surface area contributed by atoms with Gasteiger partial charge in [-0.1, -0.05) is 0 Å². The molecule has 1 amide bonds. The molecule has 5 nitrogen and oxygen atoms in total. The van der Waals surface area contributed by atoms with E-state index < -0.39 is 5.97 Å². The Bertz CT molecular complexity index is 556. The fraction of sp³-hybridized carbons (Fsp3) is 0.0909. The smallest absolute Gasteiger partial charge is 0.348 e. The van der Waals surface area contributed by atoms with Gasteiger partial charge in [0.1, 0.15) is 11.1 Å². The Balaban J connectivity index is 2.27. The normalized spacial score (nSPS) is 10.2. The number of nitrogens with one attached hydrogen (secondary N) is 1. The van der Waals surface area contributed by atoms with Gasteiger partial charge in [0.2, 0.25) is 0 Å². The topological polar surface area (TPSA) is 79.5 Å². The number of furan rings is 1. The van der Waals surface area contributed by atoms with E-state index in [9.17, 15) is 9.59 Å². The zero-order valence-corrected chi connectivity index (χ0v) is 9.71. The number of carboxylic acids is 1. The highest BCUT2D eigenvalue weighted by atomic mass is 32.1. The molecule has 2 aromatic rings. The van der Waals surface area contributed by atoms with Crippen LogP contribution in [0.15, 0.2) is 28.4 Å². The van der Waals surface area contributed by atoms with E-state index >= 15 is 0 Å². The summed E-state index contributed by atoms with van der Waals surface area (Å²) in [6.45, 7) is 1.74. The molecular formula is C11H9NO4S. The van der Waals surface area contributed by atoms with E-state index in [1.165, 1.54) is 18.6 Å². The van der Waals surface area contributed by atoms with Crippen molar-refractivity contribution in [2.75, 3.05) is 5.32 Å². The molecular weight excluding hydrogens is 242 g/mol. The standard InChI is InChI=1S/C11H9NO4S/c1-6-5-17-9(11(14)15)8(6)12-10(13)7-2-3-16-4-7/h2-5H,1H3,(H,12,13)(H,14,15). The molecule has 0 saturated heterocycles. The van der Waals surface area contributed by atoms with Gasteiger partial charge in [0, 0.05) is 0 Å². The van der Waals surface area contributed by atoms with E-state index in [1.54, 1.807) is 12.3 Å². The highest BCUT2D eigenvalue weighted by Gasteiger charge is 2.18. The zero-order chi connectivity index (χ0) is 12.4. The van der Waals surface area contributed by atoms with Gasteiger partial charge < -0.3 is 14.8 Å². The molecule has 0 fully saturated rings. The maximum Gasteiger partial charge on any atom is 0.348 e. The first-order valence-corrected chi connectivity index (χ1v) is 5.62. The number of aromatic carboxylic acids is 1. The molecule has 0 radical (unpaired) electrons. The lowest BCUT2D eigenvalue weighted by molar-refractivity contribution is 0.0703. The fourth-order valence-electron chi connectivity index (χ4n) is 1.34. The minimum Gasteiger partial charge on any atom is -0.477 e. The Morgan fingerprint density at radius 3 is 2.82 bits per heavy atom. The molecule has 0 atom stereocenters. The molecule has 6 heteroatoms. The van der Waals surface area contributed by atoms with Crippen molar-refractivity contribution in [1.29, 1.82) is 0 Å². The number of aryl methyl sites for hydroxylation is 1. The first kappa shape index (κ1) is 11.4. The van der Waals surface area contributed by atoms with Crippen LogP contribution in [0.25, 0.3) is 0 Å². The predicted molar refractivity (Wildman–Crippen MR) is 62.7 cm³/mol. The van der Waals surface area contributed by atoms with Crippen molar-refractivity contribution in [2.24, 2.45) is 0 Å². The lowest BCUT2D eigenvalue weighted by Crippen LogP contribution is -2.13. The number of rotatable bonds is 3.